The molecule has 0 aliphatic rings. The van der Waals surface area contributed by atoms with E-state index in [2.05, 4.69) is 20.8 Å². The van der Waals surface area contributed by atoms with E-state index in [-0.39, 0.29) is 4.21 Å². The van der Waals surface area contributed by atoms with E-state index in [1.54, 1.807) is 0 Å². The third-order valence-corrected chi connectivity index (χ3v) is 5.29. The Morgan fingerprint density at radius 2 is 2.31 bits per heavy atom. The van der Waals surface area contributed by atoms with Gasteiger partial charge < -0.3 is 0 Å². The minimum Gasteiger partial charge on any atom is -0.290 e. The van der Waals surface area contributed by atoms with E-state index < -0.39 is 10.0 Å². The molecule has 1 aromatic heterocycles. The number of hydrogen-bond acceptors (Lipinski definition) is 4. The summed E-state index contributed by atoms with van der Waals surface area (Å²) in [6.45, 7) is 0. The largest absolute Gasteiger partial charge is 0.290 e. The highest BCUT2D eigenvalue weighted by Gasteiger charge is 2.18. The van der Waals surface area contributed by atoms with Crippen molar-refractivity contribution in [3.8, 4) is 0 Å². The number of sulfonamides is 1. The van der Waals surface area contributed by atoms with Crippen LogP contribution in [-0.2, 0) is 14.9 Å². The first-order valence-corrected chi connectivity index (χ1v) is 6.44. The van der Waals surface area contributed by atoms with Gasteiger partial charge in [-0.15, -0.1) is 11.3 Å². The highest BCUT2D eigenvalue weighted by molar-refractivity contribution is 9.11. The molecule has 0 aromatic carbocycles. The standard InChI is InChI=1S/C5H5BrClNO3S2/c1-11-8-13(9,10)4-2-3(7)5(6)12-4/h2,8H,1H3. The Balaban J connectivity index is 3.08. The molecule has 0 aliphatic heterocycles. The summed E-state index contributed by atoms with van der Waals surface area (Å²) in [4.78, 5) is 6.20. The maximum Gasteiger partial charge on any atom is 0.272 e. The SMILES string of the molecule is CONS(=O)(=O)c1cc(Cl)c(Br)s1. The quantitative estimate of drug-likeness (QED) is 0.869. The van der Waals surface area contributed by atoms with Gasteiger partial charge in [0.15, 0.2) is 0 Å². The third kappa shape index (κ3) is 2.64. The monoisotopic (exact) mass is 305 g/mol. The molecule has 1 N–H and O–H groups in total. The summed E-state index contributed by atoms with van der Waals surface area (Å²) in [5, 5.41) is 0.362. The summed E-state index contributed by atoms with van der Waals surface area (Å²) in [5.74, 6) is 0. The first-order valence-electron chi connectivity index (χ1n) is 2.97. The van der Waals surface area contributed by atoms with Crippen LogP contribution < -0.4 is 4.89 Å². The maximum absolute atomic E-state index is 11.3. The first-order chi connectivity index (χ1) is 5.97. The Labute approximate surface area is 93.0 Å². The zero-order valence-corrected chi connectivity index (χ0v) is 10.3. The molecule has 13 heavy (non-hydrogen) atoms. The van der Waals surface area contributed by atoms with Gasteiger partial charge >= 0.3 is 0 Å². The predicted molar refractivity (Wildman–Crippen MR) is 54.4 cm³/mol. The average Bonchev–Trinajstić information content (AvgIpc) is 2.33. The second kappa shape index (κ2) is 4.24. The molecular weight excluding hydrogens is 302 g/mol. The van der Waals surface area contributed by atoms with E-state index in [1.165, 1.54) is 13.2 Å². The zero-order valence-electron chi connectivity index (χ0n) is 6.37. The predicted octanol–water partition coefficient (Wildman–Crippen LogP) is 2.00. The molecule has 0 saturated heterocycles. The van der Waals surface area contributed by atoms with Gasteiger partial charge in [0.2, 0.25) is 0 Å². The lowest BCUT2D eigenvalue weighted by Crippen LogP contribution is -2.21. The van der Waals surface area contributed by atoms with Gasteiger partial charge in [-0.25, -0.2) is 8.42 Å². The summed E-state index contributed by atoms with van der Waals surface area (Å²) >= 11 is 9.79. The minimum absolute atomic E-state index is 0.103. The normalized spacial score (nSPS) is 11.9. The van der Waals surface area contributed by atoms with Gasteiger partial charge in [-0.05, 0) is 22.0 Å². The van der Waals surface area contributed by atoms with Crippen molar-refractivity contribution < 1.29 is 13.3 Å². The highest BCUT2D eigenvalue weighted by atomic mass is 79.9. The fourth-order valence-electron chi connectivity index (χ4n) is 0.610. The number of hydrogen-bond donors (Lipinski definition) is 1. The fraction of sp³-hybridized carbons (Fsp3) is 0.200. The van der Waals surface area contributed by atoms with Gasteiger partial charge in [-0.1, -0.05) is 16.5 Å². The summed E-state index contributed by atoms with van der Waals surface area (Å²) in [7, 11) is -2.36. The molecule has 0 aliphatic carbocycles. The van der Waals surface area contributed by atoms with Crippen LogP contribution in [0.3, 0.4) is 0 Å². The Morgan fingerprint density at radius 1 is 1.69 bits per heavy atom. The Morgan fingerprint density at radius 3 is 2.69 bits per heavy atom. The second-order valence-electron chi connectivity index (χ2n) is 1.98. The Hall–Kier alpha value is 0.340. The zero-order chi connectivity index (χ0) is 10.1. The second-order valence-corrected chi connectivity index (χ2v) is 6.63. The molecule has 1 aromatic rings. The van der Waals surface area contributed by atoms with Gasteiger partial charge in [-0.3, -0.25) is 4.84 Å². The molecular formula is C5H5BrClNO3S2. The summed E-state index contributed by atoms with van der Waals surface area (Å²) in [6.07, 6.45) is 0. The van der Waals surface area contributed by atoms with Crippen molar-refractivity contribution in [1.82, 2.24) is 4.89 Å². The molecule has 74 valence electrons. The molecule has 4 nitrogen and oxygen atoms in total. The molecule has 0 fully saturated rings. The molecule has 0 saturated carbocycles. The van der Waals surface area contributed by atoms with E-state index in [9.17, 15) is 8.42 Å². The number of rotatable bonds is 3. The molecule has 0 bridgehead atoms. The fourth-order valence-corrected chi connectivity index (χ4v) is 3.80. The molecule has 0 unspecified atom stereocenters. The van der Waals surface area contributed by atoms with Crippen LogP contribution in [0.1, 0.15) is 0 Å². The minimum atomic E-state index is -3.58. The van der Waals surface area contributed by atoms with E-state index in [4.69, 9.17) is 11.6 Å². The average molecular weight is 307 g/mol. The van der Waals surface area contributed by atoms with Crippen molar-refractivity contribution >= 4 is 48.9 Å². The van der Waals surface area contributed by atoms with Crippen LogP contribution >= 0.6 is 38.9 Å². The van der Waals surface area contributed by atoms with Crippen LogP contribution in [0.2, 0.25) is 5.02 Å². The molecule has 8 heteroatoms. The van der Waals surface area contributed by atoms with Gasteiger partial charge in [0.1, 0.15) is 4.21 Å². The Kier molecular flexibility index (Phi) is 3.73. The maximum atomic E-state index is 11.3. The topological polar surface area (TPSA) is 55.4 Å². The van der Waals surface area contributed by atoms with Crippen LogP contribution in [0.4, 0.5) is 0 Å². The van der Waals surface area contributed by atoms with Crippen molar-refractivity contribution in [3.63, 3.8) is 0 Å². The molecule has 0 atom stereocenters. The molecule has 0 amide bonds. The van der Waals surface area contributed by atoms with Crippen molar-refractivity contribution in [1.29, 1.82) is 0 Å². The summed E-state index contributed by atoms with van der Waals surface area (Å²) in [6, 6.07) is 1.34. The van der Waals surface area contributed by atoms with Crippen molar-refractivity contribution in [2.45, 2.75) is 4.21 Å². The van der Waals surface area contributed by atoms with Crippen LogP contribution in [-0.4, -0.2) is 15.5 Å². The summed E-state index contributed by atoms with van der Waals surface area (Å²) < 4.78 is 23.3. The van der Waals surface area contributed by atoms with Gasteiger partial charge in [0.05, 0.1) is 15.9 Å². The van der Waals surface area contributed by atoms with Gasteiger partial charge in [0, 0.05) is 0 Å². The first kappa shape index (κ1) is 11.4. The third-order valence-electron chi connectivity index (χ3n) is 1.08. The van der Waals surface area contributed by atoms with E-state index >= 15 is 0 Å². The number of nitrogens with one attached hydrogen (secondary N) is 1. The smallest absolute Gasteiger partial charge is 0.272 e. The number of thiophene rings is 1. The van der Waals surface area contributed by atoms with Crippen molar-refractivity contribution in [3.05, 3.63) is 14.9 Å². The molecule has 1 rings (SSSR count). The summed E-state index contributed by atoms with van der Waals surface area (Å²) in [5.41, 5.74) is 0. The number of halogens is 2. The van der Waals surface area contributed by atoms with Crippen LogP contribution in [0.5, 0.6) is 0 Å². The van der Waals surface area contributed by atoms with Crippen molar-refractivity contribution in [2.24, 2.45) is 0 Å². The van der Waals surface area contributed by atoms with Gasteiger partial charge in [-0.2, -0.15) is 0 Å². The lowest BCUT2D eigenvalue weighted by molar-refractivity contribution is 0.153. The highest BCUT2D eigenvalue weighted by Crippen LogP contribution is 2.34. The van der Waals surface area contributed by atoms with E-state index in [1.807, 2.05) is 4.89 Å². The molecule has 0 spiro atoms. The van der Waals surface area contributed by atoms with Crippen LogP contribution in [0, 0.1) is 0 Å². The molecule has 0 radical (unpaired) electrons. The lowest BCUT2D eigenvalue weighted by Gasteiger charge is -1.99. The van der Waals surface area contributed by atoms with Crippen LogP contribution in [0.15, 0.2) is 14.1 Å². The van der Waals surface area contributed by atoms with Crippen molar-refractivity contribution in [2.75, 3.05) is 7.11 Å². The van der Waals surface area contributed by atoms with E-state index in [0.29, 0.717) is 8.81 Å². The lowest BCUT2D eigenvalue weighted by atomic mass is 10.7. The Bertz CT molecular complexity index is 382. The molecule has 1 heterocycles. The van der Waals surface area contributed by atoms with Gasteiger partial charge in [0.25, 0.3) is 10.0 Å². The van der Waals surface area contributed by atoms with E-state index in [0.717, 1.165) is 11.3 Å². The van der Waals surface area contributed by atoms with Crippen LogP contribution in [0.25, 0.3) is 0 Å².